The molecule has 1 fully saturated rings. The van der Waals surface area contributed by atoms with Gasteiger partial charge in [-0.2, -0.15) is 4.98 Å². The van der Waals surface area contributed by atoms with E-state index in [9.17, 15) is 13.6 Å². The molecule has 1 atom stereocenters. The second-order valence-corrected chi connectivity index (χ2v) is 6.65. The molecule has 1 aliphatic heterocycles. The number of benzene rings is 1. The van der Waals surface area contributed by atoms with Crippen molar-refractivity contribution < 1.29 is 18.1 Å². The molecule has 6 nitrogen and oxygen atoms in total. The molecule has 1 unspecified atom stereocenters. The van der Waals surface area contributed by atoms with Gasteiger partial charge in [0.2, 0.25) is 12.3 Å². The maximum absolute atomic E-state index is 13.2. The minimum atomic E-state index is -0.902. The molecule has 3 rings (SSSR count). The number of piperidine rings is 1. The highest BCUT2D eigenvalue weighted by Crippen LogP contribution is 2.22. The third-order valence-electron chi connectivity index (χ3n) is 4.63. The van der Waals surface area contributed by atoms with Crippen molar-refractivity contribution >= 4 is 5.91 Å². The van der Waals surface area contributed by atoms with Crippen molar-refractivity contribution in [1.82, 2.24) is 20.4 Å². The molecule has 0 saturated carbocycles. The van der Waals surface area contributed by atoms with Crippen LogP contribution in [0.1, 0.15) is 37.1 Å². The van der Waals surface area contributed by atoms with Crippen molar-refractivity contribution in [3.63, 3.8) is 0 Å². The second-order valence-electron chi connectivity index (χ2n) is 6.65. The Labute approximate surface area is 150 Å². The van der Waals surface area contributed by atoms with E-state index in [1.165, 1.54) is 12.5 Å². The summed E-state index contributed by atoms with van der Waals surface area (Å²) >= 11 is 0. The number of nitrogens with one attached hydrogen (secondary N) is 1. The molecule has 0 radical (unpaired) electrons. The van der Waals surface area contributed by atoms with Crippen LogP contribution in [0.3, 0.4) is 0 Å². The smallest absolute Gasteiger partial charge is 0.220 e. The summed E-state index contributed by atoms with van der Waals surface area (Å²) in [7, 11) is 0. The zero-order valence-electron chi connectivity index (χ0n) is 14.5. The van der Waals surface area contributed by atoms with Gasteiger partial charge in [0.25, 0.3) is 0 Å². The molecule has 8 heteroatoms. The summed E-state index contributed by atoms with van der Waals surface area (Å²) in [5, 5.41) is 6.59. The fourth-order valence-corrected chi connectivity index (χ4v) is 3.27. The first-order valence-electron chi connectivity index (χ1n) is 8.78. The minimum absolute atomic E-state index is 0.0787. The molecule has 1 saturated heterocycles. The van der Waals surface area contributed by atoms with Gasteiger partial charge in [0.1, 0.15) is 0 Å². The topological polar surface area (TPSA) is 71.3 Å². The largest absolute Gasteiger partial charge is 0.352 e. The Hall–Kier alpha value is -2.35. The van der Waals surface area contributed by atoms with Crippen molar-refractivity contribution in [3.05, 3.63) is 47.6 Å². The lowest BCUT2D eigenvalue weighted by Crippen LogP contribution is -2.35. The molecular weight excluding hydrogens is 342 g/mol. The number of likely N-dealkylation sites (tertiary alicyclic amines) is 1. The Morgan fingerprint density at radius 2 is 2.23 bits per heavy atom. The van der Waals surface area contributed by atoms with E-state index in [1.807, 2.05) is 0 Å². The van der Waals surface area contributed by atoms with Gasteiger partial charge in [-0.15, -0.1) is 0 Å². The number of rotatable bonds is 7. The van der Waals surface area contributed by atoms with Gasteiger partial charge in [-0.1, -0.05) is 11.2 Å². The molecule has 1 aliphatic rings. The summed E-state index contributed by atoms with van der Waals surface area (Å²) in [6.07, 6.45) is 4.73. The second kappa shape index (κ2) is 8.84. The lowest BCUT2D eigenvalue weighted by Gasteiger charge is -2.31. The molecule has 1 N–H and O–H groups in total. The fourth-order valence-electron chi connectivity index (χ4n) is 3.27. The number of hydrogen-bond donors (Lipinski definition) is 1. The molecule has 1 amide bonds. The predicted molar refractivity (Wildman–Crippen MR) is 89.7 cm³/mol. The molecular formula is C18H22F2N4O2. The zero-order valence-corrected chi connectivity index (χ0v) is 14.5. The van der Waals surface area contributed by atoms with Crippen molar-refractivity contribution in [3.8, 4) is 0 Å². The molecule has 0 spiro atoms. The minimum Gasteiger partial charge on any atom is -0.352 e. The standard InChI is InChI=1S/C18H22F2N4O2/c19-15-5-3-14(8-16(15)20)9-21-18(25)6-4-13-2-1-7-24(10-13)11-17-22-12-26-23-17/h3,5,8,12-13H,1-2,4,6-7,9-11H2,(H,21,25). The highest BCUT2D eigenvalue weighted by molar-refractivity contribution is 5.75. The van der Waals surface area contributed by atoms with Crippen LogP contribution >= 0.6 is 0 Å². The fraction of sp³-hybridized carbons (Fsp3) is 0.500. The summed E-state index contributed by atoms with van der Waals surface area (Å²) in [5.74, 6) is -0.743. The third-order valence-corrected chi connectivity index (χ3v) is 4.63. The van der Waals surface area contributed by atoms with E-state index in [1.54, 1.807) is 0 Å². The van der Waals surface area contributed by atoms with E-state index in [2.05, 4.69) is 20.4 Å². The van der Waals surface area contributed by atoms with Crippen LogP contribution in [-0.4, -0.2) is 34.0 Å². The van der Waals surface area contributed by atoms with E-state index in [-0.39, 0.29) is 12.5 Å². The Bertz CT molecular complexity index is 724. The Morgan fingerprint density at radius 3 is 3.00 bits per heavy atom. The van der Waals surface area contributed by atoms with E-state index in [0.717, 1.165) is 44.5 Å². The maximum Gasteiger partial charge on any atom is 0.220 e. The van der Waals surface area contributed by atoms with Gasteiger partial charge < -0.3 is 9.84 Å². The van der Waals surface area contributed by atoms with E-state index >= 15 is 0 Å². The van der Waals surface area contributed by atoms with Crippen LogP contribution in [0.2, 0.25) is 0 Å². The van der Waals surface area contributed by atoms with E-state index in [4.69, 9.17) is 4.52 Å². The normalized spacial score (nSPS) is 18.0. The van der Waals surface area contributed by atoms with Gasteiger partial charge in [0.15, 0.2) is 17.5 Å². The van der Waals surface area contributed by atoms with Gasteiger partial charge >= 0.3 is 0 Å². The zero-order chi connectivity index (χ0) is 18.4. The van der Waals surface area contributed by atoms with Gasteiger partial charge in [-0.3, -0.25) is 9.69 Å². The van der Waals surface area contributed by atoms with Gasteiger partial charge in [0.05, 0.1) is 6.54 Å². The summed E-state index contributed by atoms with van der Waals surface area (Å²) in [5.41, 5.74) is 0.543. The molecule has 1 aromatic heterocycles. The van der Waals surface area contributed by atoms with Crippen LogP contribution in [0.5, 0.6) is 0 Å². The molecule has 1 aromatic carbocycles. The molecule has 2 aromatic rings. The highest BCUT2D eigenvalue weighted by atomic mass is 19.2. The first-order valence-corrected chi connectivity index (χ1v) is 8.78. The predicted octanol–water partition coefficient (Wildman–Crippen LogP) is 2.66. The van der Waals surface area contributed by atoms with Crippen molar-refractivity contribution in [2.75, 3.05) is 13.1 Å². The average molecular weight is 364 g/mol. The SMILES string of the molecule is O=C(CCC1CCCN(Cc2ncon2)C1)NCc1ccc(F)c(F)c1. The summed E-state index contributed by atoms with van der Waals surface area (Å²) in [6, 6.07) is 3.64. The van der Waals surface area contributed by atoms with Crippen molar-refractivity contribution in [1.29, 1.82) is 0 Å². The van der Waals surface area contributed by atoms with Crippen LogP contribution < -0.4 is 5.32 Å². The number of carbonyl (C=O) groups is 1. The average Bonchev–Trinajstić information content (AvgIpc) is 3.14. The van der Waals surface area contributed by atoms with Crippen LogP contribution in [0, 0.1) is 17.6 Å². The van der Waals surface area contributed by atoms with Crippen LogP contribution in [0.4, 0.5) is 8.78 Å². The first kappa shape index (κ1) is 18.4. The number of hydrogen-bond acceptors (Lipinski definition) is 5. The molecule has 26 heavy (non-hydrogen) atoms. The lowest BCUT2D eigenvalue weighted by atomic mass is 9.93. The number of halogens is 2. The number of amides is 1. The highest BCUT2D eigenvalue weighted by Gasteiger charge is 2.21. The lowest BCUT2D eigenvalue weighted by molar-refractivity contribution is -0.121. The number of aromatic nitrogens is 2. The molecule has 140 valence electrons. The van der Waals surface area contributed by atoms with Gasteiger partial charge in [0, 0.05) is 19.5 Å². The summed E-state index contributed by atoms with van der Waals surface area (Å²) < 4.78 is 30.8. The first-order chi connectivity index (χ1) is 12.6. The quantitative estimate of drug-likeness (QED) is 0.818. The van der Waals surface area contributed by atoms with Crippen molar-refractivity contribution in [2.24, 2.45) is 5.92 Å². The summed E-state index contributed by atoms with van der Waals surface area (Å²) in [6.45, 7) is 2.76. The Kier molecular flexibility index (Phi) is 6.27. The molecule has 0 aliphatic carbocycles. The maximum atomic E-state index is 13.2. The Balaban J connectivity index is 1.38. The summed E-state index contributed by atoms with van der Waals surface area (Å²) in [4.78, 5) is 18.3. The van der Waals surface area contributed by atoms with E-state index in [0.29, 0.717) is 30.3 Å². The van der Waals surface area contributed by atoms with Crippen molar-refractivity contribution in [2.45, 2.75) is 38.8 Å². The Morgan fingerprint density at radius 1 is 1.35 bits per heavy atom. The molecule has 2 heterocycles. The van der Waals surface area contributed by atoms with Crippen LogP contribution in [0.25, 0.3) is 0 Å². The molecule has 0 bridgehead atoms. The third kappa shape index (κ3) is 5.32. The van der Waals surface area contributed by atoms with E-state index < -0.39 is 11.6 Å². The monoisotopic (exact) mass is 364 g/mol. The number of carbonyl (C=O) groups excluding carboxylic acids is 1. The van der Waals surface area contributed by atoms with Crippen LogP contribution in [0.15, 0.2) is 29.1 Å². The van der Waals surface area contributed by atoms with Gasteiger partial charge in [-0.05, 0) is 49.4 Å². The van der Waals surface area contributed by atoms with Crippen LogP contribution in [-0.2, 0) is 17.9 Å². The van der Waals surface area contributed by atoms with Gasteiger partial charge in [-0.25, -0.2) is 8.78 Å². The number of nitrogens with zero attached hydrogens (tertiary/aromatic N) is 3.